The summed E-state index contributed by atoms with van der Waals surface area (Å²) in [6.07, 6.45) is 3.88. The number of aryl methyl sites for hydroxylation is 2. The van der Waals surface area contributed by atoms with E-state index in [1.54, 1.807) is 41.2 Å². The minimum atomic E-state index is -0.385. The third-order valence-corrected chi connectivity index (χ3v) is 5.77. The molecule has 3 rings (SSSR count). The molecule has 156 valence electrons. The van der Waals surface area contributed by atoms with Crippen LogP contribution in [-0.4, -0.2) is 44.4 Å². The van der Waals surface area contributed by atoms with E-state index in [1.165, 1.54) is 22.7 Å². The molecule has 0 radical (unpaired) electrons. The number of nitrogens with zero attached hydrogens (tertiary/aromatic N) is 4. The summed E-state index contributed by atoms with van der Waals surface area (Å²) in [5.41, 5.74) is 1.51. The van der Waals surface area contributed by atoms with Crippen molar-refractivity contribution in [1.82, 2.24) is 20.2 Å². The molecule has 8 nitrogen and oxygen atoms in total. The first-order valence-corrected chi connectivity index (χ1v) is 11.2. The van der Waals surface area contributed by atoms with Crippen LogP contribution in [-0.2, 0) is 27.3 Å². The van der Waals surface area contributed by atoms with Gasteiger partial charge < -0.3 is 10.1 Å². The molecule has 0 aliphatic carbocycles. The number of hydrogen-bond acceptors (Lipinski definition) is 8. The normalized spacial score (nSPS) is 11.0. The van der Waals surface area contributed by atoms with Gasteiger partial charge in [-0.2, -0.15) is 0 Å². The second-order valence-corrected chi connectivity index (χ2v) is 8.03. The lowest BCUT2D eigenvalue weighted by atomic mass is 10.2. The number of tetrazole rings is 1. The Kier molecular flexibility index (Phi) is 8.16. The molecule has 30 heavy (non-hydrogen) atoms. The zero-order chi connectivity index (χ0) is 21.2. The average Bonchev–Trinajstić information content (AvgIpc) is 3.42. The maximum absolute atomic E-state index is 12.3. The van der Waals surface area contributed by atoms with Gasteiger partial charge in [-0.25, -0.2) is 9.48 Å². The number of hydrogen-bond donors (Lipinski definition) is 1. The molecule has 1 aromatic carbocycles. The predicted octanol–water partition coefficient (Wildman–Crippen LogP) is 3.28. The fraction of sp³-hybridized carbons (Fsp3) is 0.250. The zero-order valence-electron chi connectivity index (χ0n) is 16.4. The summed E-state index contributed by atoms with van der Waals surface area (Å²) in [4.78, 5) is 24.9. The Labute approximate surface area is 182 Å². The van der Waals surface area contributed by atoms with Crippen molar-refractivity contribution in [2.45, 2.75) is 25.0 Å². The van der Waals surface area contributed by atoms with Gasteiger partial charge in [0.1, 0.15) is 0 Å². The maximum Gasteiger partial charge on any atom is 0.330 e. The van der Waals surface area contributed by atoms with Gasteiger partial charge in [0.15, 0.2) is 0 Å². The third-order valence-electron chi connectivity index (χ3n) is 3.87. The van der Waals surface area contributed by atoms with Gasteiger partial charge in [0, 0.05) is 23.1 Å². The Bertz CT molecular complexity index is 984. The average molecular weight is 444 g/mol. The van der Waals surface area contributed by atoms with Crippen molar-refractivity contribution in [3.05, 3.63) is 58.3 Å². The van der Waals surface area contributed by atoms with E-state index >= 15 is 0 Å². The molecule has 0 spiro atoms. The van der Waals surface area contributed by atoms with Crippen LogP contribution in [0.1, 0.15) is 17.4 Å². The third kappa shape index (κ3) is 6.82. The molecule has 1 amide bonds. The number of ether oxygens (including phenoxy) is 1. The van der Waals surface area contributed by atoms with Gasteiger partial charge in [-0.3, -0.25) is 4.79 Å². The van der Waals surface area contributed by atoms with Crippen LogP contribution in [0.4, 0.5) is 5.69 Å². The first-order valence-electron chi connectivity index (χ1n) is 9.30. The number of rotatable bonds is 10. The number of esters is 1. The Balaban J connectivity index is 1.46. The van der Waals surface area contributed by atoms with Crippen LogP contribution in [0.2, 0.25) is 0 Å². The van der Waals surface area contributed by atoms with Crippen molar-refractivity contribution in [3.8, 4) is 0 Å². The molecule has 2 aromatic heterocycles. The Morgan fingerprint density at radius 3 is 2.83 bits per heavy atom. The summed E-state index contributed by atoms with van der Waals surface area (Å²) >= 11 is 2.99. The van der Waals surface area contributed by atoms with Gasteiger partial charge in [0.05, 0.1) is 18.9 Å². The number of nitrogens with one attached hydrogen (secondary N) is 1. The summed E-state index contributed by atoms with van der Waals surface area (Å²) in [5.74, 6) is -0.337. The second-order valence-electron chi connectivity index (χ2n) is 6.06. The molecule has 10 heteroatoms. The molecular formula is C20H21N5O3S2. The van der Waals surface area contributed by atoms with Crippen LogP contribution in [0, 0.1) is 0 Å². The van der Waals surface area contributed by atoms with Gasteiger partial charge >= 0.3 is 5.97 Å². The second kappa shape index (κ2) is 11.3. The van der Waals surface area contributed by atoms with E-state index < -0.39 is 0 Å². The summed E-state index contributed by atoms with van der Waals surface area (Å²) in [7, 11) is 0. The number of carbonyl (C=O) groups is 2. The Hall–Kier alpha value is -2.98. The zero-order valence-corrected chi connectivity index (χ0v) is 18.0. The van der Waals surface area contributed by atoms with Crippen LogP contribution in [0.15, 0.2) is 53.0 Å². The highest BCUT2D eigenvalue weighted by Gasteiger charge is 2.10. The number of carbonyl (C=O) groups excluding carboxylic acids is 2. The largest absolute Gasteiger partial charge is 0.463 e. The smallest absolute Gasteiger partial charge is 0.330 e. The van der Waals surface area contributed by atoms with Gasteiger partial charge in [-0.15, -0.1) is 16.4 Å². The number of anilines is 1. The lowest BCUT2D eigenvalue weighted by molar-refractivity contribution is -0.137. The molecule has 0 saturated heterocycles. The first-order chi connectivity index (χ1) is 14.6. The molecule has 3 aromatic rings. The lowest BCUT2D eigenvalue weighted by Gasteiger charge is -2.06. The monoisotopic (exact) mass is 443 g/mol. The molecule has 0 fully saturated rings. The first kappa shape index (κ1) is 21.7. The van der Waals surface area contributed by atoms with Crippen LogP contribution in [0.5, 0.6) is 0 Å². The van der Waals surface area contributed by atoms with Crippen molar-refractivity contribution >= 4 is 46.7 Å². The predicted molar refractivity (Wildman–Crippen MR) is 117 cm³/mol. The van der Waals surface area contributed by atoms with Gasteiger partial charge in [0.2, 0.25) is 11.1 Å². The van der Waals surface area contributed by atoms with Crippen molar-refractivity contribution in [2.75, 3.05) is 17.7 Å². The lowest BCUT2D eigenvalue weighted by Crippen LogP contribution is -2.15. The number of aromatic nitrogens is 4. The van der Waals surface area contributed by atoms with E-state index in [0.29, 0.717) is 24.0 Å². The standard InChI is InChI=1S/C20H21N5O3S2/c1-2-28-19(27)10-7-15-5-8-16(9-6-15)21-18(26)14-30-20-22-23-24-25(20)12-11-17-4-3-13-29-17/h3-10,13H,2,11-12,14H2,1H3,(H,21,26). The van der Waals surface area contributed by atoms with E-state index in [-0.39, 0.29) is 17.6 Å². The molecule has 0 saturated carbocycles. The van der Waals surface area contributed by atoms with Crippen molar-refractivity contribution in [2.24, 2.45) is 0 Å². The van der Waals surface area contributed by atoms with Crippen LogP contribution < -0.4 is 5.32 Å². The van der Waals surface area contributed by atoms with Crippen LogP contribution in [0.25, 0.3) is 6.08 Å². The van der Waals surface area contributed by atoms with E-state index in [2.05, 4.69) is 26.9 Å². The minimum Gasteiger partial charge on any atom is -0.463 e. The van der Waals surface area contributed by atoms with Crippen LogP contribution in [0.3, 0.4) is 0 Å². The van der Waals surface area contributed by atoms with E-state index in [4.69, 9.17) is 4.74 Å². The van der Waals surface area contributed by atoms with Crippen molar-refractivity contribution in [1.29, 1.82) is 0 Å². The summed E-state index contributed by atoms with van der Waals surface area (Å²) in [5, 5.41) is 17.2. The summed E-state index contributed by atoms with van der Waals surface area (Å²) in [6.45, 7) is 2.76. The number of thioether (sulfide) groups is 1. The van der Waals surface area contributed by atoms with E-state index in [1.807, 2.05) is 23.6 Å². The quantitative estimate of drug-likeness (QED) is 0.292. The number of amides is 1. The topological polar surface area (TPSA) is 99.0 Å². The number of thiophene rings is 1. The van der Waals surface area contributed by atoms with E-state index in [0.717, 1.165) is 12.0 Å². The SMILES string of the molecule is CCOC(=O)C=Cc1ccc(NC(=O)CSc2nnnn2CCc2cccs2)cc1. The van der Waals surface area contributed by atoms with Crippen molar-refractivity contribution in [3.63, 3.8) is 0 Å². The molecular weight excluding hydrogens is 422 g/mol. The molecule has 0 aliphatic heterocycles. The Morgan fingerprint density at radius 2 is 2.10 bits per heavy atom. The summed E-state index contributed by atoms with van der Waals surface area (Å²) in [6, 6.07) is 11.3. The molecule has 0 unspecified atom stereocenters. The maximum atomic E-state index is 12.3. The highest BCUT2D eigenvalue weighted by atomic mass is 32.2. The van der Waals surface area contributed by atoms with Gasteiger partial charge in [0.25, 0.3) is 0 Å². The highest BCUT2D eigenvalue weighted by Crippen LogP contribution is 2.17. The van der Waals surface area contributed by atoms with Crippen molar-refractivity contribution < 1.29 is 14.3 Å². The summed E-state index contributed by atoms with van der Waals surface area (Å²) < 4.78 is 6.55. The Morgan fingerprint density at radius 1 is 1.27 bits per heavy atom. The van der Waals surface area contributed by atoms with E-state index in [9.17, 15) is 9.59 Å². The van der Waals surface area contributed by atoms with Gasteiger partial charge in [-0.1, -0.05) is 30.0 Å². The molecule has 0 atom stereocenters. The van der Waals surface area contributed by atoms with Gasteiger partial charge in [-0.05, 0) is 52.6 Å². The fourth-order valence-corrected chi connectivity index (χ4v) is 3.87. The highest BCUT2D eigenvalue weighted by molar-refractivity contribution is 7.99. The molecule has 0 bridgehead atoms. The molecule has 0 aliphatic rings. The van der Waals surface area contributed by atoms with Crippen LogP contribution >= 0.6 is 23.1 Å². The fourth-order valence-electron chi connectivity index (χ4n) is 2.47. The minimum absolute atomic E-state index is 0.150. The molecule has 2 heterocycles. The number of benzene rings is 1. The molecule has 1 N–H and O–H groups in total.